The minimum atomic E-state index is -1.26. The summed E-state index contributed by atoms with van der Waals surface area (Å²) in [6.45, 7) is 4.59. The number of pyridine rings is 2. The number of carbonyl (C=O) groups excluding carboxylic acids is 1. The number of nitrogens with one attached hydrogen (secondary N) is 1. The number of ether oxygens (including phenoxy) is 1. The van der Waals surface area contributed by atoms with E-state index in [1.54, 1.807) is 11.5 Å². The SMILES string of the molecule is CC[C@@]1(O)COCc2c1cc1n(c2=O)Cc2c-1nc1cc(F)c(C)c3c1c2[C@H](NC(=O)CCCN)CS3. The predicted octanol–water partition coefficient (Wildman–Crippen LogP) is 3.00. The first-order valence-corrected chi connectivity index (χ1v) is 13.6. The molecule has 2 atom stereocenters. The van der Waals surface area contributed by atoms with Crippen LogP contribution in [0.15, 0.2) is 21.8 Å². The fraction of sp³-hybridized carbons (Fsp3) is 0.444. The molecule has 2 aromatic heterocycles. The molecule has 0 fully saturated rings. The van der Waals surface area contributed by atoms with Crippen LogP contribution in [0.3, 0.4) is 0 Å². The number of benzene rings is 1. The molecule has 0 saturated heterocycles. The summed E-state index contributed by atoms with van der Waals surface area (Å²) in [5.74, 6) is 0.116. The van der Waals surface area contributed by atoms with Crippen molar-refractivity contribution >= 4 is 28.6 Å². The maximum absolute atomic E-state index is 14.9. The van der Waals surface area contributed by atoms with Gasteiger partial charge in [-0.25, -0.2) is 9.37 Å². The summed E-state index contributed by atoms with van der Waals surface area (Å²) in [6.07, 6.45) is 1.31. The number of rotatable bonds is 5. The van der Waals surface area contributed by atoms with Crippen LogP contribution in [0.5, 0.6) is 0 Å². The first-order chi connectivity index (χ1) is 17.8. The molecule has 194 valence electrons. The van der Waals surface area contributed by atoms with E-state index in [4.69, 9.17) is 15.5 Å². The van der Waals surface area contributed by atoms with Crippen LogP contribution in [0.25, 0.3) is 22.3 Å². The van der Waals surface area contributed by atoms with Gasteiger partial charge in [-0.05, 0) is 49.1 Å². The molecule has 37 heavy (non-hydrogen) atoms. The van der Waals surface area contributed by atoms with Gasteiger partial charge in [0.05, 0.1) is 42.7 Å². The van der Waals surface area contributed by atoms with E-state index >= 15 is 0 Å². The number of fused-ring (bicyclic) bond motifs is 5. The molecule has 6 rings (SSSR count). The lowest BCUT2D eigenvalue weighted by Gasteiger charge is -2.33. The molecule has 3 aromatic rings. The van der Waals surface area contributed by atoms with Crippen LogP contribution in [0.1, 0.15) is 60.0 Å². The zero-order chi connectivity index (χ0) is 26.1. The number of carbonyl (C=O) groups is 1. The van der Waals surface area contributed by atoms with E-state index in [0.717, 1.165) is 21.4 Å². The Hall–Kier alpha value is -2.79. The summed E-state index contributed by atoms with van der Waals surface area (Å²) in [5, 5.41) is 15.2. The van der Waals surface area contributed by atoms with Crippen molar-refractivity contribution in [3.05, 3.63) is 56.1 Å². The first kappa shape index (κ1) is 24.5. The van der Waals surface area contributed by atoms with Crippen LogP contribution >= 0.6 is 11.8 Å². The van der Waals surface area contributed by atoms with Crippen LogP contribution in [-0.2, 0) is 28.3 Å². The van der Waals surface area contributed by atoms with E-state index in [0.29, 0.717) is 65.2 Å². The molecule has 0 spiro atoms. The zero-order valence-corrected chi connectivity index (χ0v) is 21.6. The van der Waals surface area contributed by atoms with Crippen LogP contribution in [-0.4, -0.2) is 39.5 Å². The quantitative estimate of drug-likeness (QED) is 0.367. The van der Waals surface area contributed by atoms with Crippen molar-refractivity contribution < 1.29 is 19.0 Å². The summed E-state index contributed by atoms with van der Waals surface area (Å²) in [6, 6.07) is 2.97. The van der Waals surface area contributed by atoms with Gasteiger partial charge in [0.2, 0.25) is 5.91 Å². The number of hydrogen-bond donors (Lipinski definition) is 3. The summed E-state index contributed by atoms with van der Waals surface area (Å²) in [7, 11) is 0. The van der Waals surface area contributed by atoms with Gasteiger partial charge in [-0.1, -0.05) is 6.92 Å². The van der Waals surface area contributed by atoms with Crippen molar-refractivity contribution in [3.8, 4) is 11.4 Å². The predicted molar refractivity (Wildman–Crippen MR) is 139 cm³/mol. The smallest absolute Gasteiger partial charge is 0.257 e. The monoisotopic (exact) mass is 524 g/mol. The maximum Gasteiger partial charge on any atom is 0.257 e. The third kappa shape index (κ3) is 3.64. The molecule has 1 aromatic carbocycles. The summed E-state index contributed by atoms with van der Waals surface area (Å²) in [4.78, 5) is 32.1. The van der Waals surface area contributed by atoms with Gasteiger partial charge in [-0.2, -0.15) is 0 Å². The van der Waals surface area contributed by atoms with Crippen molar-refractivity contribution in [2.24, 2.45) is 5.73 Å². The summed E-state index contributed by atoms with van der Waals surface area (Å²) in [5.41, 5.74) is 9.12. The average Bonchev–Trinajstić information content (AvgIpc) is 3.26. The Kier molecular flexibility index (Phi) is 5.91. The van der Waals surface area contributed by atoms with Gasteiger partial charge in [0.15, 0.2) is 0 Å². The molecule has 4 N–H and O–H groups in total. The number of aliphatic hydroxyl groups is 1. The van der Waals surface area contributed by atoms with E-state index in [9.17, 15) is 19.1 Å². The molecule has 0 unspecified atom stereocenters. The van der Waals surface area contributed by atoms with Crippen molar-refractivity contribution in [3.63, 3.8) is 0 Å². The lowest BCUT2D eigenvalue weighted by atomic mass is 9.86. The number of hydrogen-bond acceptors (Lipinski definition) is 7. The molecule has 10 heteroatoms. The van der Waals surface area contributed by atoms with E-state index in [1.807, 2.05) is 13.0 Å². The minimum Gasteiger partial charge on any atom is -0.383 e. The third-order valence-corrected chi connectivity index (χ3v) is 9.18. The molecule has 8 nitrogen and oxygen atoms in total. The zero-order valence-electron chi connectivity index (χ0n) is 20.8. The molecule has 0 bridgehead atoms. The van der Waals surface area contributed by atoms with Crippen LogP contribution < -0.4 is 16.6 Å². The Labute approximate surface area is 217 Å². The lowest BCUT2D eigenvalue weighted by Crippen LogP contribution is -2.40. The molecule has 3 aliphatic heterocycles. The van der Waals surface area contributed by atoms with Crippen molar-refractivity contribution in [1.29, 1.82) is 0 Å². The summed E-state index contributed by atoms with van der Waals surface area (Å²) < 4.78 is 22.2. The number of halogens is 1. The molecule has 0 radical (unpaired) electrons. The molecule has 0 saturated carbocycles. The highest BCUT2D eigenvalue weighted by Gasteiger charge is 2.40. The van der Waals surface area contributed by atoms with Gasteiger partial charge < -0.3 is 25.5 Å². The average molecular weight is 525 g/mol. The number of amides is 1. The number of thioether (sulfide) groups is 1. The first-order valence-electron chi connectivity index (χ1n) is 12.6. The Morgan fingerprint density at radius 1 is 1.41 bits per heavy atom. The van der Waals surface area contributed by atoms with Gasteiger partial charge in [-0.3, -0.25) is 9.59 Å². The normalized spacial score (nSPS) is 21.5. The fourth-order valence-corrected chi connectivity index (χ4v) is 7.06. The molecular weight excluding hydrogens is 495 g/mol. The highest BCUT2D eigenvalue weighted by molar-refractivity contribution is 7.99. The molecule has 1 amide bonds. The molecule has 3 aliphatic rings. The van der Waals surface area contributed by atoms with Crippen molar-refractivity contribution in [2.45, 2.75) is 62.8 Å². The number of nitrogens with zero attached hydrogens (tertiary/aromatic N) is 2. The highest BCUT2D eigenvalue weighted by atomic mass is 32.2. The number of aromatic nitrogens is 2. The molecule has 5 heterocycles. The second-order valence-corrected chi connectivity index (χ2v) is 11.1. The van der Waals surface area contributed by atoms with Crippen LogP contribution in [0.4, 0.5) is 4.39 Å². The lowest BCUT2D eigenvalue weighted by molar-refractivity contribution is -0.121. The molecular formula is C27H29FN4O4S. The third-order valence-electron chi connectivity index (χ3n) is 7.88. The van der Waals surface area contributed by atoms with Crippen molar-refractivity contribution in [2.75, 3.05) is 18.9 Å². The van der Waals surface area contributed by atoms with Gasteiger partial charge >= 0.3 is 0 Å². The Morgan fingerprint density at radius 2 is 2.22 bits per heavy atom. The van der Waals surface area contributed by atoms with Gasteiger partial charge in [0.25, 0.3) is 5.56 Å². The van der Waals surface area contributed by atoms with Gasteiger partial charge in [0, 0.05) is 39.6 Å². The highest BCUT2D eigenvalue weighted by Crippen LogP contribution is 2.48. The second-order valence-electron chi connectivity index (χ2n) is 10.1. The standard InChI is InChI=1S/C27H29FN4O4S/c1-3-27(35)12-36-10-15-16(27)7-20-24-14(9-32(20)26(15)34)22-19(30-21(33)5-4-6-29)11-37-25-13(2)17(28)8-18(31-24)23(22)25/h7-8,19,35H,3-6,9-12,29H2,1-2H3,(H,30,33)/t19-,27-/m1/s1. The Balaban J connectivity index is 1.59. The van der Waals surface area contributed by atoms with Gasteiger partial charge in [-0.15, -0.1) is 11.8 Å². The Morgan fingerprint density at radius 3 is 2.97 bits per heavy atom. The van der Waals surface area contributed by atoms with E-state index in [2.05, 4.69) is 5.32 Å². The van der Waals surface area contributed by atoms with E-state index < -0.39 is 5.60 Å². The minimum absolute atomic E-state index is 0.0923. The Bertz CT molecular complexity index is 1540. The fourth-order valence-electron chi connectivity index (χ4n) is 5.80. The maximum atomic E-state index is 14.9. The molecule has 0 aliphatic carbocycles. The van der Waals surface area contributed by atoms with Gasteiger partial charge in [0.1, 0.15) is 11.4 Å². The summed E-state index contributed by atoms with van der Waals surface area (Å²) >= 11 is 1.51. The topological polar surface area (TPSA) is 119 Å². The number of nitrogens with two attached hydrogens (primary N) is 1. The van der Waals surface area contributed by atoms with Crippen molar-refractivity contribution in [1.82, 2.24) is 14.9 Å². The second kappa shape index (κ2) is 8.90. The van der Waals surface area contributed by atoms with Crippen LogP contribution in [0, 0.1) is 12.7 Å². The van der Waals surface area contributed by atoms with Crippen LogP contribution in [0.2, 0.25) is 0 Å². The largest absolute Gasteiger partial charge is 0.383 e. The van der Waals surface area contributed by atoms with E-state index in [-0.39, 0.29) is 43.1 Å². The van der Waals surface area contributed by atoms with E-state index in [1.165, 1.54) is 17.8 Å².